The molecule has 0 heterocycles. The SMILES string of the molecule is Cc1ccc(C)c(Oc2cc(Br)ccc2/C(N)=N/O)c1. The summed E-state index contributed by atoms with van der Waals surface area (Å²) in [4.78, 5) is 0. The van der Waals surface area contributed by atoms with Crippen LogP contribution in [0.3, 0.4) is 0 Å². The lowest BCUT2D eigenvalue weighted by atomic mass is 10.1. The minimum atomic E-state index is 0.0119. The minimum Gasteiger partial charge on any atom is -0.456 e. The number of hydrogen-bond acceptors (Lipinski definition) is 3. The molecule has 0 atom stereocenters. The molecule has 3 N–H and O–H groups in total. The maximum absolute atomic E-state index is 8.84. The Labute approximate surface area is 126 Å². The fourth-order valence-corrected chi connectivity index (χ4v) is 2.12. The highest BCUT2D eigenvalue weighted by Crippen LogP contribution is 2.31. The van der Waals surface area contributed by atoms with Crippen molar-refractivity contribution in [2.75, 3.05) is 0 Å². The summed E-state index contributed by atoms with van der Waals surface area (Å²) < 4.78 is 6.78. The first-order valence-corrected chi connectivity index (χ1v) is 6.83. The van der Waals surface area contributed by atoms with Crippen molar-refractivity contribution in [2.45, 2.75) is 13.8 Å². The lowest BCUT2D eigenvalue weighted by Gasteiger charge is -2.13. The van der Waals surface area contributed by atoms with Crippen molar-refractivity contribution in [3.05, 3.63) is 57.6 Å². The van der Waals surface area contributed by atoms with Crippen LogP contribution in [-0.4, -0.2) is 11.0 Å². The third-order valence-electron chi connectivity index (χ3n) is 2.89. The van der Waals surface area contributed by atoms with Gasteiger partial charge >= 0.3 is 0 Å². The molecule has 2 aromatic rings. The van der Waals surface area contributed by atoms with E-state index in [4.69, 9.17) is 15.7 Å². The van der Waals surface area contributed by atoms with E-state index in [0.29, 0.717) is 11.3 Å². The number of rotatable bonds is 3. The molecule has 0 bridgehead atoms. The molecule has 104 valence electrons. The Morgan fingerprint density at radius 2 is 1.90 bits per heavy atom. The Balaban J connectivity index is 2.47. The van der Waals surface area contributed by atoms with Gasteiger partial charge in [-0.2, -0.15) is 0 Å². The van der Waals surface area contributed by atoms with E-state index in [1.54, 1.807) is 12.1 Å². The fraction of sp³-hybridized carbons (Fsp3) is 0.133. The second kappa shape index (κ2) is 5.96. The van der Waals surface area contributed by atoms with Crippen molar-refractivity contribution < 1.29 is 9.94 Å². The van der Waals surface area contributed by atoms with Crippen LogP contribution in [-0.2, 0) is 0 Å². The van der Waals surface area contributed by atoms with Crippen LogP contribution in [0.5, 0.6) is 11.5 Å². The summed E-state index contributed by atoms with van der Waals surface area (Å²) in [5, 5.41) is 11.9. The van der Waals surface area contributed by atoms with Crippen molar-refractivity contribution in [3.63, 3.8) is 0 Å². The Morgan fingerprint density at radius 3 is 2.60 bits per heavy atom. The first-order chi connectivity index (χ1) is 9.51. The fourth-order valence-electron chi connectivity index (χ4n) is 1.78. The van der Waals surface area contributed by atoms with Gasteiger partial charge in [0.2, 0.25) is 0 Å². The lowest BCUT2D eigenvalue weighted by Crippen LogP contribution is -2.14. The zero-order valence-electron chi connectivity index (χ0n) is 11.2. The first kappa shape index (κ1) is 14.4. The molecule has 2 rings (SSSR count). The molecule has 0 aliphatic heterocycles. The summed E-state index contributed by atoms with van der Waals surface area (Å²) >= 11 is 3.39. The molecule has 0 radical (unpaired) electrons. The Bertz CT molecular complexity index is 669. The Hall–Kier alpha value is -2.01. The van der Waals surface area contributed by atoms with E-state index in [-0.39, 0.29) is 5.84 Å². The topological polar surface area (TPSA) is 67.8 Å². The van der Waals surface area contributed by atoms with Gasteiger partial charge in [-0.1, -0.05) is 33.2 Å². The largest absolute Gasteiger partial charge is 0.456 e. The molecule has 0 aliphatic rings. The minimum absolute atomic E-state index is 0.0119. The number of nitrogens with two attached hydrogens (primary N) is 1. The lowest BCUT2D eigenvalue weighted by molar-refractivity contribution is 0.318. The number of hydrogen-bond donors (Lipinski definition) is 2. The molecule has 5 heteroatoms. The molecule has 2 aromatic carbocycles. The van der Waals surface area contributed by atoms with Crippen LogP contribution >= 0.6 is 15.9 Å². The molecule has 0 saturated heterocycles. The third kappa shape index (κ3) is 3.11. The molecule has 0 amide bonds. The van der Waals surface area contributed by atoms with Crippen molar-refractivity contribution in [2.24, 2.45) is 10.9 Å². The highest BCUT2D eigenvalue weighted by atomic mass is 79.9. The first-order valence-electron chi connectivity index (χ1n) is 6.04. The van der Waals surface area contributed by atoms with Crippen molar-refractivity contribution in [3.8, 4) is 11.5 Å². The normalized spacial score (nSPS) is 11.4. The van der Waals surface area contributed by atoms with Crippen LogP contribution in [0.25, 0.3) is 0 Å². The molecule has 0 aromatic heterocycles. The van der Waals surface area contributed by atoms with E-state index in [1.165, 1.54) is 0 Å². The number of amidine groups is 1. The van der Waals surface area contributed by atoms with E-state index in [9.17, 15) is 0 Å². The molecular formula is C15H15BrN2O2. The van der Waals surface area contributed by atoms with Crippen LogP contribution in [0, 0.1) is 13.8 Å². The van der Waals surface area contributed by atoms with Gasteiger partial charge in [-0.3, -0.25) is 0 Å². The van der Waals surface area contributed by atoms with E-state index in [2.05, 4.69) is 21.1 Å². The number of ether oxygens (including phenoxy) is 1. The van der Waals surface area contributed by atoms with Crippen LogP contribution in [0.15, 0.2) is 46.0 Å². The monoisotopic (exact) mass is 334 g/mol. The summed E-state index contributed by atoms with van der Waals surface area (Å²) in [7, 11) is 0. The predicted molar refractivity (Wildman–Crippen MR) is 82.6 cm³/mol. The maximum atomic E-state index is 8.84. The number of aryl methyl sites for hydroxylation is 2. The Kier molecular flexibility index (Phi) is 4.29. The number of nitrogens with zero attached hydrogens (tertiary/aromatic N) is 1. The number of oxime groups is 1. The second-order valence-corrected chi connectivity index (χ2v) is 5.41. The van der Waals surface area contributed by atoms with E-state index in [0.717, 1.165) is 21.3 Å². The zero-order chi connectivity index (χ0) is 14.7. The van der Waals surface area contributed by atoms with E-state index >= 15 is 0 Å². The van der Waals surface area contributed by atoms with Crippen LogP contribution in [0.4, 0.5) is 0 Å². The van der Waals surface area contributed by atoms with E-state index < -0.39 is 0 Å². The summed E-state index contributed by atoms with van der Waals surface area (Å²) in [6.45, 7) is 3.97. The molecule has 0 unspecified atom stereocenters. The average Bonchev–Trinajstić information content (AvgIpc) is 2.42. The van der Waals surface area contributed by atoms with Crippen LogP contribution < -0.4 is 10.5 Å². The number of halogens is 1. The van der Waals surface area contributed by atoms with Crippen LogP contribution in [0.2, 0.25) is 0 Å². The molecule has 0 saturated carbocycles. The van der Waals surface area contributed by atoms with Gasteiger partial charge in [-0.15, -0.1) is 0 Å². The zero-order valence-corrected chi connectivity index (χ0v) is 12.8. The van der Waals surface area contributed by atoms with Gasteiger partial charge in [0.05, 0.1) is 5.56 Å². The molecule has 4 nitrogen and oxygen atoms in total. The van der Waals surface area contributed by atoms with Gasteiger partial charge < -0.3 is 15.7 Å². The predicted octanol–water partition coefficient (Wildman–Crippen LogP) is 3.95. The smallest absolute Gasteiger partial charge is 0.173 e. The highest BCUT2D eigenvalue weighted by molar-refractivity contribution is 9.10. The standard InChI is InChI=1S/C15H15BrN2O2/c1-9-3-4-10(2)13(7-9)20-14-8-11(16)5-6-12(14)15(17)18-19/h3-8,19H,1-2H3,(H2,17,18). The summed E-state index contributed by atoms with van der Waals surface area (Å²) in [6.07, 6.45) is 0. The van der Waals surface area contributed by atoms with Crippen molar-refractivity contribution >= 4 is 21.8 Å². The van der Waals surface area contributed by atoms with Crippen molar-refractivity contribution in [1.29, 1.82) is 0 Å². The van der Waals surface area contributed by atoms with Gasteiger partial charge in [0.15, 0.2) is 5.84 Å². The van der Waals surface area contributed by atoms with Gasteiger partial charge in [-0.05, 0) is 49.2 Å². The quantitative estimate of drug-likeness (QED) is 0.386. The molecular weight excluding hydrogens is 320 g/mol. The average molecular weight is 335 g/mol. The van der Waals surface area contributed by atoms with E-state index in [1.807, 2.05) is 38.1 Å². The maximum Gasteiger partial charge on any atom is 0.173 e. The summed E-state index contributed by atoms with van der Waals surface area (Å²) in [5.41, 5.74) is 8.33. The molecule has 0 spiro atoms. The van der Waals surface area contributed by atoms with Gasteiger partial charge in [0.25, 0.3) is 0 Å². The van der Waals surface area contributed by atoms with Crippen LogP contribution in [0.1, 0.15) is 16.7 Å². The van der Waals surface area contributed by atoms with Gasteiger partial charge in [-0.25, -0.2) is 0 Å². The molecule has 0 fully saturated rings. The molecule has 0 aliphatic carbocycles. The molecule has 20 heavy (non-hydrogen) atoms. The highest BCUT2D eigenvalue weighted by Gasteiger charge is 2.11. The second-order valence-electron chi connectivity index (χ2n) is 4.50. The van der Waals surface area contributed by atoms with Gasteiger partial charge in [0.1, 0.15) is 11.5 Å². The summed E-state index contributed by atoms with van der Waals surface area (Å²) in [6, 6.07) is 11.3. The van der Waals surface area contributed by atoms with Gasteiger partial charge in [0, 0.05) is 4.47 Å². The van der Waals surface area contributed by atoms with Crippen molar-refractivity contribution in [1.82, 2.24) is 0 Å². The summed E-state index contributed by atoms with van der Waals surface area (Å²) in [5.74, 6) is 1.29. The third-order valence-corrected chi connectivity index (χ3v) is 3.38. The Morgan fingerprint density at radius 1 is 1.15 bits per heavy atom. The number of benzene rings is 2.